The fraction of sp³-hybridized carbons (Fsp3) is 0.440. The van der Waals surface area contributed by atoms with E-state index in [0.717, 1.165) is 45.6 Å². The fourth-order valence-electron chi connectivity index (χ4n) is 3.82. The highest BCUT2D eigenvalue weighted by Crippen LogP contribution is 2.28. The molecule has 0 spiro atoms. The third kappa shape index (κ3) is 9.40. The van der Waals surface area contributed by atoms with Gasteiger partial charge in [-0.2, -0.15) is 4.31 Å². The van der Waals surface area contributed by atoms with Crippen LogP contribution in [0.4, 0.5) is 31.1 Å². The van der Waals surface area contributed by atoms with E-state index in [1.54, 1.807) is 20.8 Å². The highest BCUT2D eigenvalue weighted by Gasteiger charge is 2.42. The van der Waals surface area contributed by atoms with Gasteiger partial charge < -0.3 is 24.4 Å². The first kappa shape index (κ1) is 32.8. The first-order valence-corrected chi connectivity index (χ1v) is 13.7. The fourth-order valence-corrected chi connectivity index (χ4v) is 5.39. The number of hydrogen-bond donors (Lipinski definition) is 1. The Balaban J connectivity index is 1.82. The number of carbonyl (C=O) groups is 2. The maximum absolute atomic E-state index is 13.5. The SMILES string of the molecule is CC(C)(C)OC(=O)N1CCN(S(=O)(=O)c2ccc(OC(F)(F)F)cc2)C(C(=O)NCc2ccc(OC(F)(F)F)cc2)C1. The van der Waals surface area contributed by atoms with Crippen LogP contribution >= 0.6 is 0 Å². The molecule has 0 radical (unpaired) electrons. The number of ether oxygens (including phenoxy) is 3. The van der Waals surface area contributed by atoms with Gasteiger partial charge in [0, 0.05) is 26.2 Å². The summed E-state index contributed by atoms with van der Waals surface area (Å²) in [5, 5.41) is 2.50. The van der Waals surface area contributed by atoms with E-state index in [1.807, 2.05) is 0 Å². The molecule has 17 heteroatoms. The summed E-state index contributed by atoms with van der Waals surface area (Å²) in [6.45, 7) is 3.70. The average Bonchev–Trinajstić information content (AvgIpc) is 2.85. The van der Waals surface area contributed by atoms with Crippen LogP contribution in [0.5, 0.6) is 11.5 Å². The van der Waals surface area contributed by atoms with Gasteiger partial charge in [-0.1, -0.05) is 12.1 Å². The Bertz CT molecular complexity index is 1360. The molecule has 0 aliphatic carbocycles. The molecule has 3 rings (SSSR count). The molecule has 42 heavy (non-hydrogen) atoms. The molecule has 0 aromatic heterocycles. The Kier molecular flexibility index (Phi) is 9.56. The van der Waals surface area contributed by atoms with E-state index in [4.69, 9.17) is 4.74 Å². The van der Waals surface area contributed by atoms with Crippen molar-refractivity contribution >= 4 is 22.0 Å². The average molecular weight is 628 g/mol. The molecule has 1 N–H and O–H groups in total. The minimum absolute atomic E-state index is 0.159. The van der Waals surface area contributed by atoms with Gasteiger partial charge in [-0.15, -0.1) is 26.3 Å². The maximum Gasteiger partial charge on any atom is 0.573 e. The summed E-state index contributed by atoms with van der Waals surface area (Å²) in [6.07, 6.45) is -10.7. The number of alkyl halides is 6. The number of nitrogens with one attached hydrogen (secondary N) is 1. The molecule has 1 heterocycles. The minimum Gasteiger partial charge on any atom is -0.444 e. The van der Waals surface area contributed by atoms with Crippen LogP contribution < -0.4 is 14.8 Å². The number of rotatable bonds is 7. The summed E-state index contributed by atoms with van der Waals surface area (Å²) in [5.41, 5.74) is -0.535. The summed E-state index contributed by atoms with van der Waals surface area (Å²) in [7, 11) is -4.47. The summed E-state index contributed by atoms with van der Waals surface area (Å²) >= 11 is 0. The number of piperazine rings is 1. The zero-order valence-corrected chi connectivity index (χ0v) is 23.3. The molecule has 1 aliphatic rings. The van der Waals surface area contributed by atoms with Crippen molar-refractivity contribution in [3.05, 3.63) is 54.1 Å². The van der Waals surface area contributed by atoms with Gasteiger partial charge in [-0.05, 0) is 62.7 Å². The highest BCUT2D eigenvalue weighted by atomic mass is 32.2. The summed E-state index contributed by atoms with van der Waals surface area (Å²) < 4.78 is 115. The van der Waals surface area contributed by atoms with Crippen molar-refractivity contribution < 1.29 is 58.6 Å². The van der Waals surface area contributed by atoms with Crippen LogP contribution in [-0.4, -0.2) is 73.6 Å². The normalized spacial score (nSPS) is 17.0. The highest BCUT2D eigenvalue weighted by molar-refractivity contribution is 7.89. The molecule has 10 nitrogen and oxygen atoms in total. The van der Waals surface area contributed by atoms with Crippen LogP contribution in [0.1, 0.15) is 26.3 Å². The largest absolute Gasteiger partial charge is 0.573 e. The molecule has 1 unspecified atom stereocenters. The predicted molar refractivity (Wildman–Crippen MR) is 134 cm³/mol. The van der Waals surface area contributed by atoms with Gasteiger partial charge in [0.15, 0.2) is 0 Å². The van der Waals surface area contributed by atoms with Gasteiger partial charge in [-0.25, -0.2) is 13.2 Å². The lowest BCUT2D eigenvalue weighted by Crippen LogP contribution is -2.61. The van der Waals surface area contributed by atoms with Crippen molar-refractivity contribution in [1.29, 1.82) is 0 Å². The Morgan fingerprint density at radius 2 is 1.36 bits per heavy atom. The lowest BCUT2D eigenvalue weighted by molar-refractivity contribution is -0.275. The Hall–Kier alpha value is -3.73. The van der Waals surface area contributed by atoms with Gasteiger partial charge in [0.2, 0.25) is 15.9 Å². The van der Waals surface area contributed by atoms with Gasteiger partial charge in [0.1, 0.15) is 23.1 Å². The Labute approximate surface area is 237 Å². The molecule has 2 amide bonds. The van der Waals surface area contributed by atoms with Crippen molar-refractivity contribution in [2.45, 2.75) is 56.6 Å². The van der Waals surface area contributed by atoms with E-state index in [1.165, 1.54) is 12.1 Å². The standard InChI is InChI=1S/C25H27F6N3O7S/c1-23(2,3)41-22(36)33-12-13-34(42(37,38)19-10-8-18(9-11-19)40-25(29,30)31)20(15-33)21(35)32-14-16-4-6-17(7-5-16)39-24(26,27)28/h4-11,20H,12-15H2,1-3H3,(H,32,35). The third-order valence-corrected chi connectivity index (χ3v) is 7.50. The van der Waals surface area contributed by atoms with Gasteiger partial charge in [0.05, 0.1) is 4.90 Å². The number of amides is 2. The van der Waals surface area contributed by atoms with E-state index in [2.05, 4.69) is 14.8 Å². The molecule has 2 aromatic rings. The van der Waals surface area contributed by atoms with Crippen LogP contribution in [0, 0.1) is 0 Å². The van der Waals surface area contributed by atoms with Crippen molar-refractivity contribution in [1.82, 2.24) is 14.5 Å². The van der Waals surface area contributed by atoms with Crippen molar-refractivity contribution in [3.8, 4) is 11.5 Å². The van der Waals surface area contributed by atoms with Gasteiger partial charge in [-0.3, -0.25) is 4.79 Å². The molecular weight excluding hydrogens is 600 g/mol. The Morgan fingerprint density at radius 1 is 0.857 bits per heavy atom. The number of nitrogens with zero attached hydrogens (tertiary/aromatic N) is 2. The zero-order chi connectivity index (χ0) is 31.5. The molecule has 0 bridgehead atoms. The zero-order valence-electron chi connectivity index (χ0n) is 22.5. The lowest BCUT2D eigenvalue weighted by Gasteiger charge is -2.39. The van der Waals surface area contributed by atoms with Gasteiger partial charge in [0.25, 0.3) is 0 Å². The molecule has 1 atom stereocenters. The Morgan fingerprint density at radius 3 is 1.83 bits per heavy atom. The summed E-state index contributed by atoms with van der Waals surface area (Å²) in [6, 6.07) is 6.47. The second-order valence-corrected chi connectivity index (χ2v) is 11.9. The van der Waals surface area contributed by atoms with Gasteiger partial charge >= 0.3 is 18.8 Å². The molecule has 1 aliphatic heterocycles. The number of halogens is 6. The third-order valence-electron chi connectivity index (χ3n) is 5.57. The van der Waals surface area contributed by atoms with E-state index < -0.39 is 69.3 Å². The van der Waals surface area contributed by atoms with Crippen LogP contribution in [0.25, 0.3) is 0 Å². The number of hydrogen-bond acceptors (Lipinski definition) is 7. The first-order valence-electron chi connectivity index (χ1n) is 12.2. The molecular formula is C25H27F6N3O7S. The number of benzene rings is 2. The van der Waals surface area contributed by atoms with Crippen molar-refractivity contribution in [2.75, 3.05) is 19.6 Å². The predicted octanol–water partition coefficient (Wildman–Crippen LogP) is 4.41. The topological polar surface area (TPSA) is 114 Å². The smallest absolute Gasteiger partial charge is 0.444 e. The molecule has 2 aromatic carbocycles. The van der Waals surface area contributed by atoms with E-state index in [-0.39, 0.29) is 19.6 Å². The summed E-state index contributed by atoms with van der Waals surface area (Å²) in [4.78, 5) is 26.7. The van der Waals surface area contributed by atoms with Crippen LogP contribution in [0.2, 0.25) is 0 Å². The monoisotopic (exact) mass is 627 g/mol. The first-order chi connectivity index (χ1) is 19.2. The second kappa shape index (κ2) is 12.2. The minimum atomic E-state index is -4.99. The van der Waals surface area contributed by atoms with E-state index in [0.29, 0.717) is 5.56 Å². The molecule has 0 saturated carbocycles. The molecule has 232 valence electrons. The van der Waals surface area contributed by atoms with Crippen LogP contribution in [-0.2, 0) is 26.1 Å². The number of carbonyl (C=O) groups excluding carboxylic acids is 2. The van der Waals surface area contributed by atoms with Crippen LogP contribution in [0.3, 0.4) is 0 Å². The van der Waals surface area contributed by atoms with E-state index in [9.17, 15) is 44.3 Å². The van der Waals surface area contributed by atoms with Crippen molar-refractivity contribution in [2.24, 2.45) is 0 Å². The van der Waals surface area contributed by atoms with Crippen LogP contribution in [0.15, 0.2) is 53.4 Å². The molecule has 1 fully saturated rings. The summed E-state index contributed by atoms with van der Waals surface area (Å²) in [5.74, 6) is -1.99. The molecule has 1 saturated heterocycles. The maximum atomic E-state index is 13.5. The lowest BCUT2D eigenvalue weighted by atomic mass is 10.1. The van der Waals surface area contributed by atoms with E-state index >= 15 is 0 Å². The van der Waals surface area contributed by atoms with Crippen molar-refractivity contribution in [3.63, 3.8) is 0 Å². The second-order valence-electron chi connectivity index (χ2n) is 9.99. The quantitative estimate of drug-likeness (QED) is 0.453. The number of sulfonamides is 1.